The normalized spacial score (nSPS) is 12.8. The van der Waals surface area contributed by atoms with Gasteiger partial charge in [0.15, 0.2) is 0 Å². The summed E-state index contributed by atoms with van der Waals surface area (Å²) in [5.41, 5.74) is 7.30. The van der Waals surface area contributed by atoms with Crippen molar-refractivity contribution in [3.8, 4) is 0 Å². The summed E-state index contributed by atoms with van der Waals surface area (Å²) in [6, 6.07) is 4.16. The van der Waals surface area contributed by atoms with Crippen molar-refractivity contribution in [3.63, 3.8) is 0 Å². The van der Waals surface area contributed by atoms with Crippen LogP contribution >= 0.6 is 0 Å². The van der Waals surface area contributed by atoms with Gasteiger partial charge in [0, 0.05) is 29.9 Å². The maximum absolute atomic E-state index is 5.95. The van der Waals surface area contributed by atoms with Crippen molar-refractivity contribution in [2.24, 2.45) is 5.73 Å². The summed E-state index contributed by atoms with van der Waals surface area (Å²) in [5.74, 6) is 0. The van der Waals surface area contributed by atoms with Gasteiger partial charge in [0.1, 0.15) is 0 Å². The lowest BCUT2D eigenvalue weighted by atomic mass is 9.85. The summed E-state index contributed by atoms with van der Waals surface area (Å²) >= 11 is 0. The number of hydrogen-bond donors (Lipinski definition) is 2. The summed E-state index contributed by atoms with van der Waals surface area (Å²) in [6.45, 7) is 10.5. The number of rotatable bonds is 6. The van der Waals surface area contributed by atoms with Crippen LogP contribution in [0.4, 0.5) is 0 Å². The maximum Gasteiger partial charge on any atom is 0.0270 e. The van der Waals surface area contributed by atoms with Crippen molar-refractivity contribution in [1.82, 2.24) is 10.3 Å². The van der Waals surface area contributed by atoms with Crippen molar-refractivity contribution in [1.29, 1.82) is 0 Å². The van der Waals surface area contributed by atoms with E-state index < -0.39 is 0 Å². The smallest absolute Gasteiger partial charge is 0.0270 e. The molecule has 17 heavy (non-hydrogen) atoms. The molecule has 0 spiro atoms. The van der Waals surface area contributed by atoms with E-state index >= 15 is 0 Å². The second-order valence-electron chi connectivity index (χ2n) is 6.04. The highest BCUT2D eigenvalue weighted by atomic mass is 14.9. The van der Waals surface area contributed by atoms with E-state index in [0.717, 1.165) is 19.5 Å². The van der Waals surface area contributed by atoms with Crippen molar-refractivity contribution < 1.29 is 0 Å². The number of aromatic nitrogens is 1. The van der Waals surface area contributed by atoms with Gasteiger partial charge in [0.2, 0.25) is 0 Å². The molecule has 0 radical (unpaired) electrons. The van der Waals surface area contributed by atoms with E-state index in [-0.39, 0.29) is 11.0 Å². The van der Waals surface area contributed by atoms with Gasteiger partial charge in [-0.1, -0.05) is 13.8 Å². The van der Waals surface area contributed by atoms with Gasteiger partial charge in [-0.15, -0.1) is 0 Å². The van der Waals surface area contributed by atoms with Crippen LogP contribution in [-0.2, 0) is 5.41 Å². The molecular formula is C14H25N3. The summed E-state index contributed by atoms with van der Waals surface area (Å²) < 4.78 is 0. The number of nitrogens with one attached hydrogen (secondary N) is 1. The molecule has 0 saturated carbocycles. The topological polar surface area (TPSA) is 50.9 Å². The van der Waals surface area contributed by atoms with Gasteiger partial charge < -0.3 is 11.1 Å². The van der Waals surface area contributed by atoms with Crippen LogP contribution in [0.15, 0.2) is 24.5 Å². The fraction of sp³-hybridized carbons (Fsp3) is 0.643. The van der Waals surface area contributed by atoms with Gasteiger partial charge >= 0.3 is 0 Å². The molecule has 0 fully saturated rings. The van der Waals surface area contributed by atoms with Gasteiger partial charge in [-0.3, -0.25) is 4.98 Å². The van der Waals surface area contributed by atoms with E-state index in [2.05, 4.69) is 50.1 Å². The standard InChI is InChI=1S/C14H25N3/c1-13(2,12-5-8-16-9-6-12)11-17-10-7-14(3,4)15/h5-6,8-9,17H,7,10-11,15H2,1-4H3. The van der Waals surface area contributed by atoms with Gasteiger partial charge in [-0.05, 0) is 44.5 Å². The molecule has 0 amide bonds. The molecule has 3 nitrogen and oxygen atoms in total. The third-order valence-corrected chi connectivity index (χ3v) is 2.97. The van der Waals surface area contributed by atoms with Crippen molar-refractivity contribution in [2.75, 3.05) is 13.1 Å². The van der Waals surface area contributed by atoms with Crippen LogP contribution in [0.3, 0.4) is 0 Å². The number of nitrogens with two attached hydrogens (primary N) is 1. The predicted octanol–water partition coefficient (Wildman–Crippen LogP) is 2.08. The molecule has 1 aromatic heterocycles. The van der Waals surface area contributed by atoms with Crippen LogP contribution in [0, 0.1) is 0 Å². The molecule has 0 aliphatic rings. The van der Waals surface area contributed by atoms with E-state index in [1.165, 1.54) is 5.56 Å². The zero-order valence-corrected chi connectivity index (χ0v) is 11.5. The predicted molar refractivity (Wildman–Crippen MR) is 73.0 cm³/mol. The Morgan fingerprint density at radius 1 is 1.18 bits per heavy atom. The average Bonchev–Trinajstić information content (AvgIpc) is 2.25. The Morgan fingerprint density at radius 2 is 1.76 bits per heavy atom. The first kappa shape index (κ1) is 14.1. The molecule has 1 rings (SSSR count). The largest absolute Gasteiger partial charge is 0.326 e. The molecular weight excluding hydrogens is 210 g/mol. The van der Waals surface area contributed by atoms with E-state index in [1.807, 2.05) is 12.4 Å². The third-order valence-electron chi connectivity index (χ3n) is 2.97. The molecule has 96 valence electrons. The summed E-state index contributed by atoms with van der Waals surface area (Å²) in [5, 5.41) is 3.48. The monoisotopic (exact) mass is 235 g/mol. The van der Waals surface area contributed by atoms with E-state index in [9.17, 15) is 0 Å². The minimum atomic E-state index is -0.0895. The van der Waals surface area contributed by atoms with E-state index in [4.69, 9.17) is 5.73 Å². The minimum absolute atomic E-state index is 0.0895. The van der Waals surface area contributed by atoms with Crippen LogP contribution < -0.4 is 11.1 Å². The highest BCUT2D eigenvalue weighted by Crippen LogP contribution is 2.21. The Morgan fingerprint density at radius 3 is 2.29 bits per heavy atom. The zero-order chi connectivity index (χ0) is 12.9. The van der Waals surface area contributed by atoms with Crippen LogP contribution in [-0.4, -0.2) is 23.6 Å². The Balaban J connectivity index is 2.41. The van der Waals surface area contributed by atoms with E-state index in [1.54, 1.807) is 0 Å². The second kappa shape index (κ2) is 5.61. The van der Waals surface area contributed by atoms with Crippen molar-refractivity contribution in [3.05, 3.63) is 30.1 Å². The zero-order valence-electron chi connectivity index (χ0n) is 11.5. The summed E-state index contributed by atoms with van der Waals surface area (Å²) in [7, 11) is 0. The van der Waals surface area contributed by atoms with Gasteiger partial charge in [0.25, 0.3) is 0 Å². The molecule has 1 aromatic rings. The fourth-order valence-corrected chi connectivity index (χ4v) is 1.72. The Labute approximate surface area is 105 Å². The molecule has 3 N–H and O–H groups in total. The number of hydrogen-bond acceptors (Lipinski definition) is 3. The lowest BCUT2D eigenvalue weighted by Gasteiger charge is -2.26. The molecule has 0 atom stereocenters. The lowest BCUT2D eigenvalue weighted by Crippen LogP contribution is -2.39. The van der Waals surface area contributed by atoms with Crippen molar-refractivity contribution >= 4 is 0 Å². The SMILES string of the molecule is CC(C)(N)CCNCC(C)(C)c1ccncc1. The first-order valence-corrected chi connectivity index (χ1v) is 6.21. The molecule has 0 aliphatic carbocycles. The molecule has 0 unspecified atom stereocenters. The molecule has 0 aromatic carbocycles. The first-order chi connectivity index (χ1) is 7.81. The molecule has 3 heteroatoms. The minimum Gasteiger partial charge on any atom is -0.326 e. The highest BCUT2D eigenvalue weighted by Gasteiger charge is 2.20. The summed E-state index contributed by atoms with van der Waals surface area (Å²) in [4.78, 5) is 4.05. The number of nitrogens with zero attached hydrogens (tertiary/aromatic N) is 1. The third kappa shape index (κ3) is 5.29. The van der Waals surface area contributed by atoms with Gasteiger partial charge in [-0.2, -0.15) is 0 Å². The van der Waals surface area contributed by atoms with Crippen LogP contribution in [0.1, 0.15) is 39.7 Å². The molecule has 0 saturated heterocycles. The Kier molecular flexibility index (Phi) is 4.66. The summed E-state index contributed by atoms with van der Waals surface area (Å²) in [6.07, 6.45) is 4.68. The highest BCUT2D eigenvalue weighted by molar-refractivity contribution is 5.20. The van der Waals surface area contributed by atoms with Gasteiger partial charge in [0.05, 0.1) is 0 Å². The lowest BCUT2D eigenvalue weighted by molar-refractivity contribution is 0.418. The molecule has 1 heterocycles. The van der Waals surface area contributed by atoms with Gasteiger partial charge in [-0.25, -0.2) is 0 Å². The molecule has 0 bridgehead atoms. The van der Waals surface area contributed by atoms with Crippen molar-refractivity contribution in [2.45, 2.75) is 45.1 Å². The van der Waals surface area contributed by atoms with E-state index in [0.29, 0.717) is 0 Å². The Hall–Kier alpha value is -0.930. The number of pyridine rings is 1. The van der Waals surface area contributed by atoms with Crippen LogP contribution in [0.25, 0.3) is 0 Å². The van der Waals surface area contributed by atoms with Crippen LogP contribution in [0.2, 0.25) is 0 Å². The average molecular weight is 235 g/mol. The second-order valence-corrected chi connectivity index (χ2v) is 6.04. The maximum atomic E-state index is 5.95. The fourth-order valence-electron chi connectivity index (χ4n) is 1.72. The quantitative estimate of drug-likeness (QED) is 0.742. The first-order valence-electron chi connectivity index (χ1n) is 6.21. The molecule has 0 aliphatic heterocycles. The van der Waals surface area contributed by atoms with Crippen LogP contribution in [0.5, 0.6) is 0 Å². The Bertz CT molecular complexity index is 325.